The second kappa shape index (κ2) is 9.38. The molecule has 0 saturated heterocycles. The summed E-state index contributed by atoms with van der Waals surface area (Å²) in [6.45, 7) is 6.42. The molecule has 0 saturated carbocycles. The highest BCUT2D eigenvalue weighted by Crippen LogP contribution is 2.29. The highest BCUT2D eigenvalue weighted by atomic mass is 32.2. The third kappa shape index (κ3) is 5.83. The quantitative estimate of drug-likeness (QED) is 0.658. The minimum atomic E-state index is -3.86. The van der Waals surface area contributed by atoms with Crippen molar-refractivity contribution in [2.75, 3.05) is 18.5 Å². The molecule has 0 spiro atoms. The summed E-state index contributed by atoms with van der Waals surface area (Å²) in [5, 5.41) is 7.81. The first-order chi connectivity index (χ1) is 13.2. The fraction of sp³-hybridized carbons (Fsp3) is 0.250. The van der Waals surface area contributed by atoms with Gasteiger partial charge in [-0.05, 0) is 62.2 Å². The molecule has 0 aliphatic rings. The van der Waals surface area contributed by atoms with E-state index in [-0.39, 0.29) is 4.90 Å². The molecule has 0 atom stereocenters. The van der Waals surface area contributed by atoms with E-state index in [1.165, 1.54) is 12.1 Å². The van der Waals surface area contributed by atoms with Gasteiger partial charge in [0.1, 0.15) is 0 Å². The number of carbonyl (C=O) groups excluding carboxylic acids is 1. The largest absolute Gasteiger partial charge is 0.490 e. The average molecular weight is 404 g/mol. The Kier molecular flexibility index (Phi) is 7.19. The van der Waals surface area contributed by atoms with Crippen molar-refractivity contribution in [3.63, 3.8) is 0 Å². The number of carbonyl (C=O) groups is 1. The first-order valence-corrected chi connectivity index (χ1v) is 10.3. The van der Waals surface area contributed by atoms with Crippen molar-refractivity contribution >= 4 is 27.7 Å². The Morgan fingerprint density at radius 1 is 1.07 bits per heavy atom. The van der Waals surface area contributed by atoms with E-state index in [0.717, 1.165) is 5.56 Å². The lowest BCUT2D eigenvalue weighted by Crippen LogP contribution is -2.15. The molecule has 0 fully saturated rings. The van der Waals surface area contributed by atoms with Crippen LogP contribution in [0.5, 0.6) is 11.5 Å². The van der Waals surface area contributed by atoms with E-state index in [2.05, 4.69) is 5.32 Å². The molecule has 0 bridgehead atoms. The van der Waals surface area contributed by atoms with Gasteiger partial charge in [0.05, 0.1) is 18.1 Å². The average Bonchev–Trinajstić information content (AvgIpc) is 2.63. The molecule has 28 heavy (non-hydrogen) atoms. The van der Waals surface area contributed by atoms with E-state index in [1.54, 1.807) is 37.3 Å². The van der Waals surface area contributed by atoms with Crippen LogP contribution in [0.1, 0.15) is 25.0 Å². The van der Waals surface area contributed by atoms with E-state index in [4.69, 9.17) is 14.6 Å². The summed E-state index contributed by atoms with van der Waals surface area (Å²) in [5.41, 5.74) is 1.61. The molecule has 0 aliphatic carbocycles. The maximum atomic E-state index is 12.2. The number of benzene rings is 2. The molecule has 2 aromatic rings. The highest BCUT2D eigenvalue weighted by molar-refractivity contribution is 7.89. The predicted octanol–water partition coefficient (Wildman–Crippen LogP) is 3.09. The van der Waals surface area contributed by atoms with Crippen LogP contribution in [0.3, 0.4) is 0 Å². The standard InChI is InChI=1S/C20H24N2O5S/c1-4-26-17-10-7-15(12-18(17)27-5-2)8-11-20(23)22-16-9-6-14(3)19(13-16)28(21,24)25/h6-13H,4-5H2,1-3H3,(H,22,23)(H2,21,24,25)/b11-8+. The molecule has 2 aromatic carbocycles. The molecule has 0 radical (unpaired) electrons. The summed E-state index contributed by atoms with van der Waals surface area (Å²) in [7, 11) is -3.86. The number of aryl methyl sites for hydroxylation is 1. The molecule has 0 aliphatic heterocycles. The molecule has 8 heteroatoms. The van der Waals surface area contributed by atoms with E-state index in [1.807, 2.05) is 19.9 Å². The fourth-order valence-electron chi connectivity index (χ4n) is 2.51. The SMILES string of the molecule is CCOc1ccc(/C=C/C(=O)Nc2ccc(C)c(S(N)(=O)=O)c2)cc1OCC. The van der Waals surface area contributed by atoms with Crippen LogP contribution in [0, 0.1) is 6.92 Å². The van der Waals surface area contributed by atoms with Crippen LogP contribution in [-0.2, 0) is 14.8 Å². The number of ether oxygens (including phenoxy) is 2. The Morgan fingerprint density at radius 3 is 2.39 bits per heavy atom. The number of rotatable bonds is 8. The Balaban J connectivity index is 2.15. The van der Waals surface area contributed by atoms with E-state index >= 15 is 0 Å². The van der Waals surface area contributed by atoms with E-state index in [9.17, 15) is 13.2 Å². The molecule has 150 valence electrons. The zero-order valence-electron chi connectivity index (χ0n) is 16.1. The second-order valence-electron chi connectivity index (χ2n) is 5.92. The molecule has 7 nitrogen and oxygen atoms in total. The van der Waals surface area contributed by atoms with E-state index < -0.39 is 15.9 Å². The van der Waals surface area contributed by atoms with Crippen molar-refractivity contribution in [1.29, 1.82) is 0 Å². The maximum Gasteiger partial charge on any atom is 0.248 e. The van der Waals surface area contributed by atoms with Crippen LogP contribution >= 0.6 is 0 Å². The molecule has 1 amide bonds. The lowest BCUT2D eigenvalue weighted by atomic mass is 10.2. The van der Waals surface area contributed by atoms with Gasteiger partial charge in [0, 0.05) is 11.8 Å². The van der Waals surface area contributed by atoms with Crippen molar-refractivity contribution < 1.29 is 22.7 Å². The zero-order chi connectivity index (χ0) is 20.7. The van der Waals surface area contributed by atoms with Gasteiger partial charge in [0.15, 0.2) is 11.5 Å². The zero-order valence-corrected chi connectivity index (χ0v) is 16.9. The molecule has 0 aromatic heterocycles. The summed E-state index contributed by atoms with van der Waals surface area (Å²) in [6.07, 6.45) is 2.98. The number of primary sulfonamides is 1. The van der Waals surface area contributed by atoms with Crippen LogP contribution in [0.2, 0.25) is 0 Å². The fourth-order valence-corrected chi connectivity index (χ4v) is 3.32. The number of sulfonamides is 1. The number of anilines is 1. The number of nitrogens with two attached hydrogens (primary N) is 1. The monoisotopic (exact) mass is 404 g/mol. The van der Waals surface area contributed by atoms with Gasteiger partial charge in [-0.3, -0.25) is 4.79 Å². The van der Waals surface area contributed by atoms with Crippen molar-refractivity contribution in [1.82, 2.24) is 0 Å². The van der Waals surface area contributed by atoms with Gasteiger partial charge in [0.25, 0.3) is 0 Å². The van der Waals surface area contributed by atoms with Gasteiger partial charge in [-0.1, -0.05) is 12.1 Å². The Bertz CT molecular complexity index is 984. The molecule has 0 unspecified atom stereocenters. The van der Waals surface area contributed by atoms with Crippen molar-refractivity contribution in [2.24, 2.45) is 5.14 Å². The number of hydrogen-bond donors (Lipinski definition) is 2. The van der Waals surface area contributed by atoms with Crippen LogP contribution in [0.25, 0.3) is 6.08 Å². The van der Waals surface area contributed by atoms with Gasteiger partial charge in [-0.2, -0.15) is 0 Å². The van der Waals surface area contributed by atoms with Gasteiger partial charge >= 0.3 is 0 Å². The number of hydrogen-bond acceptors (Lipinski definition) is 5. The summed E-state index contributed by atoms with van der Waals surface area (Å²) < 4.78 is 34.3. The van der Waals surface area contributed by atoms with E-state index in [0.29, 0.717) is 36.0 Å². The smallest absolute Gasteiger partial charge is 0.248 e. The third-order valence-electron chi connectivity index (χ3n) is 3.76. The van der Waals surface area contributed by atoms with Gasteiger partial charge in [0.2, 0.25) is 15.9 Å². The molecule has 0 heterocycles. The lowest BCUT2D eigenvalue weighted by Gasteiger charge is -2.11. The molecule has 3 N–H and O–H groups in total. The Morgan fingerprint density at radius 2 is 1.75 bits per heavy atom. The van der Waals surface area contributed by atoms with Crippen molar-refractivity contribution in [2.45, 2.75) is 25.7 Å². The minimum absolute atomic E-state index is 0.0258. The van der Waals surface area contributed by atoms with Crippen LogP contribution in [0.4, 0.5) is 5.69 Å². The van der Waals surface area contributed by atoms with Gasteiger partial charge in [-0.15, -0.1) is 0 Å². The lowest BCUT2D eigenvalue weighted by molar-refractivity contribution is -0.111. The first kappa shape index (κ1) is 21.5. The van der Waals surface area contributed by atoms with Gasteiger partial charge in [-0.25, -0.2) is 13.6 Å². The first-order valence-electron chi connectivity index (χ1n) is 8.76. The van der Waals surface area contributed by atoms with Crippen LogP contribution in [0.15, 0.2) is 47.4 Å². The van der Waals surface area contributed by atoms with Gasteiger partial charge < -0.3 is 14.8 Å². The number of amides is 1. The normalized spacial score (nSPS) is 11.4. The summed E-state index contributed by atoms with van der Waals surface area (Å²) in [4.78, 5) is 12.2. The molecular formula is C20H24N2O5S. The summed E-state index contributed by atoms with van der Waals surface area (Å²) in [6, 6.07) is 9.90. The maximum absolute atomic E-state index is 12.2. The molecule has 2 rings (SSSR count). The number of nitrogens with one attached hydrogen (secondary N) is 1. The van der Waals surface area contributed by atoms with Crippen molar-refractivity contribution in [3.8, 4) is 11.5 Å². The topological polar surface area (TPSA) is 108 Å². The van der Waals surface area contributed by atoms with Crippen LogP contribution < -0.4 is 19.9 Å². The summed E-state index contributed by atoms with van der Waals surface area (Å²) in [5.74, 6) is 0.834. The molecular weight excluding hydrogens is 380 g/mol. The minimum Gasteiger partial charge on any atom is -0.490 e. The Hall–Kier alpha value is -2.84. The predicted molar refractivity (Wildman–Crippen MR) is 109 cm³/mol. The van der Waals surface area contributed by atoms with Crippen LogP contribution in [-0.4, -0.2) is 27.5 Å². The summed E-state index contributed by atoms with van der Waals surface area (Å²) >= 11 is 0. The van der Waals surface area contributed by atoms with Crippen molar-refractivity contribution in [3.05, 3.63) is 53.6 Å². The Labute approximate surface area is 165 Å². The third-order valence-corrected chi connectivity index (χ3v) is 4.81. The second-order valence-corrected chi connectivity index (χ2v) is 7.45. The highest BCUT2D eigenvalue weighted by Gasteiger charge is 2.12.